The third kappa shape index (κ3) is 1.64. The monoisotopic (exact) mass is 182 g/mol. The first-order chi connectivity index (χ1) is 6.23. The van der Waals surface area contributed by atoms with Gasteiger partial charge >= 0.3 is 0 Å². The van der Waals surface area contributed by atoms with Gasteiger partial charge in [0.2, 0.25) is 0 Å². The Labute approximate surface area is 79.3 Å². The molecule has 2 fully saturated rings. The smallest absolute Gasteiger partial charge is 0.139 e. The third-order valence-electron chi connectivity index (χ3n) is 3.73. The molecule has 0 saturated heterocycles. The van der Waals surface area contributed by atoms with Crippen molar-refractivity contribution in [3.05, 3.63) is 0 Å². The van der Waals surface area contributed by atoms with Gasteiger partial charge in [-0.25, -0.2) is 0 Å². The second-order valence-corrected chi connectivity index (χ2v) is 4.66. The average molecular weight is 182 g/mol. The summed E-state index contributed by atoms with van der Waals surface area (Å²) in [4.78, 5) is 11.9. The summed E-state index contributed by atoms with van der Waals surface area (Å²) in [5.74, 6) is 0.432. The predicted molar refractivity (Wildman–Crippen MR) is 50.4 cm³/mol. The number of aliphatic hydroxyl groups is 1. The fourth-order valence-corrected chi connectivity index (χ4v) is 2.91. The highest BCUT2D eigenvalue weighted by Gasteiger charge is 2.44. The van der Waals surface area contributed by atoms with Gasteiger partial charge in [0.1, 0.15) is 5.78 Å². The zero-order valence-electron chi connectivity index (χ0n) is 8.09. The van der Waals surface area contributed by atoms with Gasteiger partial charge in [-0.15, -0.1) is 0 Å². The third-order valence-corrected chi connectivity index (χ3v) is 3.73. The first-order valence-electron chi connectivity index (χ1n) is 5.44. The van der Waals surface area contributed by atoms with Crippen LogP contribution in [0.25, 0.3) is 0 Å². The van der Waals surface area contributed by atoms with E-state index < -0.39 is 0 Å². The van der Waals surface area contributed by atoms with Gasteiger partial charge in [-0.05, 0) is 32.1 Å². The molecular formula is C11H18O2. The molecule has 0 aromatic heterocycles. The minimum atomic E-state index is -0.206. The van der Waals surface area contributed by atoms with Crippen LogP contribution in [-0.2, 0) is 4.79 Å². The quantitative estimate of drug-likeness (QED) is 0.622. The van der Waals surface area contributed by atoms with Gasteiger partial charge in [-0.1, -0.05) is 12.8 Å². The molecule has 0 aliphatic heterocycles. The van der Waals surface area contributed by atoms with Crippen molar-refractivity contribution in [2.24, 2.45) is 5.41 Å². The Hall–Kier alpha value is -0.370. The van der Waals surface area contributed by atoms with Gasteiger partial charge in [0.05, 0.1) is 6.10 Å². The molecule has 2 aliphatic carbocycles. The molecule has 0 aromatic rings. The van der Waals surface area contributed by atoms with E-state index in [2.05, 4.69) is 0 Å². The fourth-order valence-electron chi connectivity index (χ4n) is 2.91. The second kappa shape index (κ2) is 3.41. The number of hydrogen-bond acceptors (Lipinski definition) is 2. The van der Waals surface area contributed by atoms with E-state index in [1.54, 1.807) is 0 Å². The molecule has 13 heavy (non-hydrogen) atoms. The second-order valence-electron chi connectivity index (χ2n) is 4.66. The lowest BCUT2D eigenvalue weighted by Crippen LogP contribution is -2.27. The molecule has 0 aromatic carbocycles. The summed E-state index contributed by atoms with van der Waals surface area (Å²) >= 11 is 0. The van der Waals surface area contributed by atoms with Crippen molar-refractivity contribution in [1.82, 2.24) is 0 Å². The molecule has 0 amide bonds. The van der Waals surface area contributed by atoms with Crippen molar-refractivity contribution in [2.45, 2.75) is 57.5 Å². The molecule has 2 nitrogen and oxygen atoms in total. The van der Waals surface area contributed by atoms with Crippen LogP contribution in [0.3, 0.4) is 0 Å². The van der Waals surface area contributed by atoms with E-state index >= 15 is 0 Å². The molecule has 0 bridgehead atoms. The summed E-state index contributed by atoms with van der Waals surface area (Å²) in [6, 6.07) is 0. The fraction of sp³-hybridized carbons (Fsp3) is 0.909. The van der Waals surface area contributed by atoms with E-state index in [9.17, 15) is 9.90 Å². The number of carbonyl (C=O) groups excluding carboxylic acids is 1. The van der Waals surface area contributed by atoms with Crippen LogP contribution in [0.15, 0.2) is 0 Å². The Morgan fingerprint density at radius 3 is 2.77 bits per heavy atom. The summed E-state index contributed by atoms with van der Waals surface area (Å²) in [7, 11) is 0. The number of aliphatic hydroxyl groups excluding tert-OH is 1. The van der Waals surface area contributed by atoms with Crippen LogP contribution < -0.4 is 0 Å². The van der Waals surface area contributed by atoms with E-state index in [1.165, 1.54) is 12.8 Å². The first kappa shape index (κ1) is 9.20. The number of hydrogen-bond donors (Lipinski definition) is 1. The van der Waals surface area contributed by atoms with Crippen LogP contribution >= 0.6 is 0 Å². The van der Waals surface area contributed by atoms with E-state index in [4.69, 9.17) is 0 Å². The average Bonchev–Trinajstić information content (AvgIpc) is 2.38. The van der Waals surface area contributed by atoms with Crippen molar-refractivity contribution < 1.29 is 9.90 Å². The van der Waals surface area contributed by atoms with E-state index in [1.807, 2.05) is 0 Å². The Balaban J connectivity index is 2.13. The highest BCUT2D eigenvalue weighted by molar-refractivity contribution is 5.85. The molecular weight excluding hydrogens is 164 g/mol. The van der Waals surface area contributed by atoms with Gasteiger partial charge in [-0.2, -0.15) is 0 Å². The molecule has 2 atom stereocenters. The summed E-state index contributed by atoms with van der Waals surface area (Å²) in [6.07, 6.45) is 7.54. The standard InChI is InChI=1S/C11H18O2/c12-9-5-7-11(8-9)6-3-1-2-4-10(11)13/h9,12H,1-8H2. The number of Topliss-reactive ketones (excluding diaryl/α,β-unsaturated/α-hetero) is 1. The molecule has 2 rings (SSSR count). The lowest BCUT2D eigenvalue weighted by molar-refractivity contribution is -0.128. The number of ketones is 1. The van der Waals surface area contributed by atoms with Crippen molar-refractivity contribution in [2.75, 3.05) is 0 Å². The molecule has 2 saturated carbocycles. The number of rotatable bonds is 0. The predicted octanol–water partition coefficient (Wildman–Crippen LogP) is 2.05. The Kier molecular flexibility index (Phi) is 2.41. The molecule has 1 spiro atoms. The molecule has 2 aliphatic rings. The highest BCUT2D eigenvalue weighted by atomic mass is 16.3. The molecule has 2 unspecified atom stereocenters. The molecule has 2 heteroatoms. The topological polar surface area (TPSA) is 37.3 Å². The maximum absolute atomic E-state index is 11.9. The largest absolute Gasteiger partial charge is 0.393 e. The van der Waals surface area contributed by atoms with Gasteiger partial charge in [0, 0.05) is 11.8 Å². The van der Waals surface area contributed by atoms with Crippen LogP contribution in [0.5, 0.6) is 0 Å². The first-order valence-corrected chi connectivity index (χ1v) is 5.44. The molecule has 74 valence electrons. The maximum Gasteiger partial charge on any atom is 0.139 e. The van der Waals surface area contributed by atoms with E-state index in [0.29, 0.717) is 5.78 Å². The van der Waals surface area contributed by atoms with Crippen molar-refractivity contribution in [3.8, 4) is 0 Å². The Morgan fingerprint density at radius 2 is 2.08 bits per heavy atom. The van der Waals surface area contributed by atoms with Gasteiger partial charge in [0.25, 0.3) is 0 Å². The summed E-state index contributed by atoms with van der Waals surface area (Å²) < 4.78 is 0. The van der Waals surface area contributed by atoms with E-state index in [0.717, 1.165) is 38.5 Å². The SMILES string of the molecule is O=C1CCCCCC12CCC(O)C2. The Bertz CT molecular complexity index is 212. The zero-order valence-corrected chi connectivity index (χ0v) is 8.09. The van der Waals surface area contributed by atoms with Gasteiger partial charge < -0.3 is 5.11 Å². The maximum atomic E-state index is 11.9. The minimum absolute atomic E-state index is 0.101. The number of carbonyl (C=O) groups is 1. The molecule has 1 N–H and O–H groups in total. The van der Waals surface area contributed by atoms with Crippen LogP contribution in [0.2, 0.25) is 0 Å². The van der Waals surface area contributed by atoms with Crippen LogP contribution in [0.4, 0.5) is 0 Å². The van der Waals surface area contributed by atoms with Crippen molar-refractivity contribution >= 4 is 5.78 Å². The summed E-state index contributed by atoms with van der Waals surface area (Å²) in [6.45, 7) is 0. The molecule has 0 heterocycles. The van der Waals surface area contributed by atoms with Crippen LogP contribution in [0, 0.1) is 5.41 Å². The zero-order chi connectivity index (χ0) is 9.31. The summed E-state index contributed by atoms with van der Waals surface area (Å²) in [5.41, 5.74) is -0.101. The normalized spacial score (nSPS) is 41.0. The van der Waals surface area contributed by atoms with E-state index in [-0.39, 0.29) is 11.5 Å². The van der Waals surface area contributed by atoms with Crippen molar-refractivity contribution in [3.63, 3.8) is 0 Å². The molecule has 0 radical (unpaired) electrons. The lowest BCUT2D eigenvalue weighted by Gasteiger charge is -2.25. The Morgan fingerprint density at radius 1 is 1.23 bits per heavy atom. The van der Waals surface area contributed by atoms with Gasteiger partial charge in [-0.3, -0.25) is 4.79 Å². The van der Waals surface area contributed by atoms with Crippen LogP contribution in [-0.4, -0.2) is 17.0 Å². The highest BCUT2D eigenvalue weighted by Crippen LogP contribution is 2.45. The minimum Gasteiger partial charge on any atom is -0.393 e. The van der Waals surface area contributed by atoms with Gasteiger partial charge in [0.15, 0.2) is 0 Å². The van der Waals surface area contributed by atoms with Crippen LogP contribution in [0.1, 0.15) is 51.4 Å². The van der Waals surface area contributed by atoms with Crippen molar-refractivity contribution in [1.29, 1.82) is 0 Å². The lowest BCUT2D eigenvalue weighted by atomic mass is 9.78. The summed E-state index contributed by atoms with van der Waals surface area (Å²) in [5, 5.41) is 9.50.